The molecule has 0 spiro atoms. The molecule has 12 heteroatoms. The van der Waals surface area contributed by atoms with Gasteiger partial charge in [0, 0.05) is 28.3 Å². The zero-order chi connectivity index (χ0) is 28.9. The Morgan fingerprint density at radius 3 is 2.23 bits per heavy atom. The van der Waals surface area contributed by atoms with Gasteiger partial charge in [-0.1, -0.05) is 48.0 Å². The molecule has 40 heavy (non-hydrogen) atoms. The van der Waals surface area contributed by atoms with Crippen LogP contribution in [0.4, 0.5) is 30.2 Å². The average Bonchev–Trinajstić information content (AvgIpc) is 2.93. The number of thioether (sulfide) groups is 1. The van der Waals surface area contributed by atoms with E-state index in [1.165, 1.54) is 24.3 Å². The largest absolute Gasteiger partial charge is 0.416 e. The first-order chi connectivity index (χ1) is 19.0. The summed E-state index contributed by atoms with van der Waals surface area (Å²) in [6.07, 6.45) is -4.61. The highest BCUT2D eigenvalue weighted by Gasteiger charge is 2.31. The monoisotopic (exact) mass is 585 g/mol. The van der Waals surface area contributed by atoms with E-state index in [4.69, 9.17) is 11.6 Å². The molecule has 1 unspecified atom stereocenters. The number of nitro groups is 1. The number of halogens is 4. The molecule has 0 bridgehead atoms. The molecular weight excluding hydrogens is 567 g/mol. The van der Waals surface area contributed by atoms with Gasteiger partial charge in [0.1, 0.15) is 5.25 Å². The number of benzene rings is 4. The number of carbonyl (C=O) groups is 2. The second-order valence-corrected chi connectivity index (χ2v) is 9.96. The molecule has 7 nitrogen and oxygen atoms in total. The van der Waals surface area contributed by atoms with Crippen LogP contribution >= 0.6 is 23.4 Å². The Kier molecular flexibility index (Phi) is 8.76. The van der Waals surface area contributed by atoms with Crippen LogP contribution in [0.3, 0.4) is 0 Å². The van der Waals surface area contributed by atoms with Crippen LogP contribution in [-0.4, -0.2) is 16.7 Å². The fourth-order valence-corrected chi connectivity index (χ4v) is 4.87. The molecule has 0 radical (unpaired) electrons. The maximum Gasteiger partial charge on any atom is 0.416 e. The van der Waals surface area contributed by atoms with Crippen LogP contribution in [0.2, 0.25) is 5.02 Å². The minimum atomic E-state index is -4.61. The minimum Gasteiger partial charge on any atom is -0.323 e. The van der Waals surface area contributed by atoms with Crippen molar-refractivity contribution in [1.29, 1.82) is 0 Å². The standard InChI is InChI=1S/C28H19ClF3N3O4S/c29-23-14-11-19(28(30,31)32)15-24(23)34-27(37)25(17-5-2-1-3-6-17)40-22-8-4-7-20(16-22)33-26(36)18-9-12-21(13-10-18)35(38)39/h1-16,25H,(H,33,36)(H,34,37). The van der Waals surface area contributed by atoms with E-state index >= 15 is 0 Å². The van der Waals surface area contributed by atoms with Crippen LogP contribution < -0.4 is 10.6 Å². The van der Waals surface area contributed by atoms with Crippen molar-refractivity contribution in [1.82, 2.24) is 0 Å². The van der Waals surface area contributed by atoms with Gasteiger partial charge in [-0.25, -0.2) is 0 Å². The Balaban J connectivity index is 1.55. The predicted octanol–water partition coefficient (Wildman–Crippen LogP) is 7.99. The highest BCUT2D eigenvalue weighted by Crippen LogP contribution is 2.39. The summed E-state index contributed by atoms with van der Waals surface area (Å²) in [4.78, 5) is 36.9. The van der Waals surface area contributed by atoms with Crippen LogP contribution in [0, 0.1) is 10.1 Å². The van der Waals surface area contributed by atoms with Gasteiger partial charge in [-0.15, -0.1) is 11.8 Å². The number of hydrogen-bond acceptors (Lipinski definition) is 5. The highest BCUT2D eigenvalue weighted by molar-refractivity contribution is 8.00. The van der Waals surface area contributed by atoms with Gasteiger partial charge in [0.2, 0.25) is 5.91 Å². The Morgan fingerprint density at radius 1 is 0.875 bits per heavy atom. The van der Waals surface area contributed by atoms with E-state index in [-0.39, 0.29) is 22.0 Å². The number of anilines is 2. The number of nitro benzene ring substituents is 1. The molecule has 0 saturated carbocycles. The lowest BCUT2D eigenvalue weighted by Crippen LogP contribution is -2.20. The van der Waals surface area contributed by atoms with E-state index in [0.29, 0.717) is 16.1 Å². The van der Waals surface area contributed by atoms with Crippen molar-refractivity contribution in [2.75, 3.05) is 10.6 Å². The molecule has 2 N–H and O–H groups in total. The number of carbonyl (C=O) groups excluding carboxylic acids is 2. The summed E-state index contributed by atoms with van der Waals surface area (Å²) in [6, 6.07) is 23.1. The topological polar surface area (TPSA) is 101 Å². The maximum atomic E-state index is 13.4. The van der Waals surface area contributed by atoms with Gasteiger partial charge in [0.05, 0.1) is 21.2 Å². The molecule has 1 atom stereocenters. The average molecular weight is 586 g/mol. The van der Waals surface area contributed by atoms with E-state index in [1.807, 2.05) is 0 Å². The molecule has 204 valence electrons. The summed E-state index contributed by atoms with van der Waals surface area (Å²) in [7, 11) is 0. The molecule has 0 saturated heterocycles. The second-order valence-electron chi connectivity index (χ2n) is 8.38. The Hall–Kier alpha value is -4.35. The third-order valence-electron chi connectivity index (χ3n) is 5.58. The molecule has 2 amide bonds. The fourth-order valence-electron chi connectivity index (χ4n) is 3.62. The van der Waals surface area contributed by atoms with Crippen molar-refractivity contribution in [3.05, 3.63) is 129 Å². The minimum absolute atomic E-state index is 0.0471. The molecular formula is C28H19ClF3N3O4S. The second kappa shape index (κ2) is 12.2. The maximum absolute atomic E-state index is 13.4. The summed E-state index contributed by atoms with van der Waals surface area (Å²) in [5.74, 6) is -1.09. The molecule has 0 aliphatic heterocycles. The van der Waals surface area contributed by atoms with Gasteiger partial charge in [-0.05, 0) is 54.1 Å². The first kappa shape index (κ1) is 28.7. The lowest BCUT2D eigenvalue weighted by atomic mass is 10.1. The molecule has 4 rings (SSSR count). The first-order valence-electron chi connectivity index (χ1n) is 11.6. The third kappa shape index (κ3) is 7.19. The SMILES string of the molecule is O=C(Nc1cccc(SC(C(=O)Nc2cc(C(F)(F)F)ccc2Cl)c2ccccc2)c1)c1ccc([N+](=O)[O-])cc1. The smallest absolute Gasteiger partial charge is 0.323 e. The molecule has 0 aliphatic carbocycles. The summed E-state index contributed by atoms with van der Waals surface area (Å²) < 4.78 is 39.7. The van der Waals surface area contributed by atoms with Gasteiger partial charge in [0.15, 0.2) is 0 Å². The van der Waals surface area contributed by atoms with Gasteiger partial charge in [-0.2, -0.15) is 13.2 Å². The molecule has 0 heterocycles. The molecule has 0 aromatic heterocycles. The number of rotatable bonds is 8. The number of amides is 2. The van der Waals surface area contributed by atoms with E-state index in [2.05, 4.69) is 10.6 Å². The van der Waals surface area contributed by atoms with Crippen molar-refractivity contribution in [2.24, 2.45) is 0 Å². The van der Waals surface area contributed by atoms with Crippen LogP contribution in [0.15, 0.2) is 102 Å². The zero-order valence-electron chi connectivity index (χ0n) is 20.3. The lowest BCUT2D eigenvalue weighted by molar-refractivity contribution is -0.384. The third-order valence-corrected chi connectivity index (χ3v) is 7.16. The quantitative estimate of drug-likeness (QED) is 0.124. The summed E-state index contributed by atoms with van der Waals surface area (Å²) >= 11 is 7.21. The summed E-state index contributed by atoms with van der Waals surface area (Å²) in [5.41, 5.74) is -0.0654. The van der Waals surface area contributed by atoms with E-state index in [9.17, 15) is 32.9 Å². The summed E-state index contributed by atoms with van der Waals surface area (Å²) in [5, 5.41) is 15.1. The van der Waals surface area contributed by atoms with Crippen molar-refractivity contribution >= 4 is 52.2 Å². The number of non-ortho nitro benzene ring substituents is 1. The predicted molar refractivity (Wildman–Crippen MR) is 148 cm³/mol. The van der Waals surface area contributed by atoms with Crippen LogP contribution in [0.1, 0.15) is 26.7 Å². The molecule has 4 aromatic rings. The van der Waals surface area contributed by atoms with Crippen molar-refractivity contribution in [3.63, 3.8) is 0 Å². The fraction of sp³-hybridized carbons (Fsp3) is 0.0714. The zero-order valence-corrected chi connectivity index (χ0v) is 21.9. The van der Waals surface area contributed by atoms with Crippen LogP contribution in [-0.2, 0) is 11.0 Å². The lowest BCUT2D eigenvalue weighted by Gasteiger charge is -2.19. The van der Waals surface area contributed by atoms with E-state index < -0.39 is 33.7 Å². The molecule has 0 aliphatic rings. The van der Waals surface area contributed by atoms with Gasteiger partial charge in [-0.3, -0.25) is 19.7 Å². The number of nitrogens with one attached hydrogen (secondary N) is 2. The van der Waals surface area contributed by atoms with Gasteiger partial charge in [0.25, 0.3) is 11.6 Å². The molecule has 0 fully saturated rings. The van der Waals surface area contributed by atoms with Crippen molar-refractivity contribution in [3.8, 4) is 0 Å². The Labute approximate surface area is 235 Å². The molecule has 4 aromatic carbocycles. The Bertz CT molecular complexity index is 1550. The Morgan fingerprint density at radius 2 is 1.57 bits per heavy atom. The number of nitrogens with zero attached hydrogens (tertiary/aromatic N) is 1. The van der Waals surface area contributed by atoms with Crippen LogP contribution in [0.25, 0.3) is 0 Å². The normalized spacial score (nSPS) is 11.9. The van der Waals surface area contributed by atoms with Gasteiger partial charge < -0.3 is 10.6 Å². The van der Waals surface area contributed by atoms with Crippen LogP contribution in [0.5, 0.6) is 0 Å². The van der Waals surface area contributed by atoms with E-state index in [0.717, 1.165) is 30.0 Å². The van der Waals surface area contributed by atoms with Crippen molar-refractivity contribution < 1.29 is 27.7 Å². The van der Waals surface area contributed by atoms with Crippen molar-refractivity contribution in [2.45, 2.75) is 16.3 Å². The van der Waals surface area contributed by atoms with E-state index in [1.54, 1.807) is 54.6 Å². The number of alkyl halides is 3. The summed E-state index contributed by atoms with van der Waals surface area (Å²) in [6.45, 7) is 0. The number of hydrogen-bond donors (Lipinski definition) is 2. The highest BCUT2D eigenvalue weighted by atomic mass is 35.5. The first-order valence-corrected chi connectivity index (χ1v) is 12.8. The van der Waals surface area contributed by atoms with Gasteiger partial charge >= 0.3 is 6.18 Å².